The molecular weight excluding hydrogens is 324 g/mol. The lowest BCUT2D eigenvalue weighted by molar-refractivity contribution is -0.0152. The summed E-state index contributed by atoms with van der Waals surface area (Å²) in [5, 5.41) is 7.10. The number of carbonyl (C=O) groups is 1. The summed E-state index contributed by atoms with van der Waals surface area (Å²) in [6, 6.07) is 2.00. The molecule has 2 amide bonds. The van der Waals surface area contributed by atoms with Gasteiger partial charge in [-0.3, -0.25) is 0 Å². The molecule has 1 fully saturated rings. The van der Waals surface area contributed by atoms with E-state index in [2.05, 4.69) is 40.2 Å². The number of imidazole rings is 1. The summed E-state index contributed by atoms with van der Waals surface area (Å²) in [5.41, 5.74) is 1.14. The van der Waals surface area contributed by atoms with Gasteiger partial charge < -0.3 is 19.5 Å². The minimum Gasteiger partial charge on any atom is -0.370 e. The van der Waals surface area contributed by atoms with Gasteiger partial charge in [-0.2, -0.15) is 11.3 Å². The quantitative estimate of drug-likeness (QED) is 0.904. The maximum atomic E-state index is 12.5. The van der Waals surface area contributed by atoms with Gasteiger partial charge in [0, 0.05) is 25.5 Å². The second-order valence-electron chi connectivity index (χ2n) is 6.41. The largest absolute Gasteiger partial charge is 0.370 e. The number of urea groups is 1. The Labute approximate surface area is 146 Å². The van der Waals surface area contributed by atoms with Crippen molar-refractivity contribution in [2.24, 2.45) is 5.92 Å². The number of ether oxygens (including phenoxy) is 1. The van der Waals surface area contributed by atoms with Crippen LogP contribution in [0, 0.1) is 5.92 Å². The predicted octanol–water partition coefficient (Wildman–Crippen LogP) is 2.88. The lowest BCUT2D eigenvalue weighted by Gasteiger charge is -2.32. The van der Waals surface area contributed by atoms with Gasteiger partial charge in [0.25, 0.3) is 0 Å². The van der Waals surface area contributed by atoms with E-state index in [0.29, 0.717) is 32.2 Å². The van der Waals surface area contributed by atoms with Crippen LogP contribution in [-0.4, -0.2) is 40.2 Å². The lowest BCUT2D eigenvalue weighted by Crippen LogP contribution is -2.47. The van der Waals surface area contributed by atoms with Crippen LogP contribution in [0.1, 0.15) is 31.3 Å². The molecule has 1 unspecified atom stereocenters. The third kappa shape index (κ3) is 4.15. The van der Waals surface area contributed by atoms with E-state index in [1.165, 1.54) is 0 Å². The molecule has 0 saturated carbocycles. The van der Waals surface area contributed by atoms with Crippen molar-refractivity contribution >= 4 is 17.4 Å². The molecule has 7 heteroatoms. The van der Waals surface area contributed by atoms with Crippen LogP contribution in [0.5, 0.6) is 0 Å². The number of aromatic nitrogens is 2. The van der Waals surface area contributed by atoms with Crippen molar-refractivity contribution in [1.82, 2.24) is 19.8 Å². The topological polar surface area (TPSA) is 59.4 Å². The molecule has 0 aromatic carbocycles. The summed E-state index contributed by atoms with van der Waals surface area (Å²) >= 11 is 1.65. The minimum atomic E-state index is -0.0578. The minimum absolute atomic E-state index is 0.0290. The molecule has 0 aliphatic carbocycles. The third-order valence-corrected chi connectivity index (χ3v) is 4.73. The third-order valence-electron chi connectivity index (χ3n) is 4.03. The van der Waals surface area contributed by atoms with Gasteiger partial charge in [-0.25, -0.2) is 9.78 Å². The first kappa shape index (κ1) is 17.0. The second kappa shape index (κ2) is 7.81. The molecule has 1 aliphatic heterocycles. The van der Waals surface area contributed by atoms with Gasteiger partial charge in [0.2, 0.25) is 0 Å². The monoisotopic (exact) mass is 348 g/mol. The van der Waals surface area contributed by atoms with Crippen LogP contribution in [0.3, 0.4) is 0 Å². The summed E-state index contributed by atoms with van der Waals surface area (Å²) < 4.78 is 7.88. The van der Waals surface area contributed by atoms with Crippen molar-refractivity contribution in [2.75, 3.05) is 19.7 Å². The van der Waals surface area contributed by atoms with Crippen LogP contribution in [-0.2, 0) is 17.8 Å². The predicted molar refractivity (Wildman–Crippen MR) is 93.9 cm³/mol. The highest BCUT2D eigenvalue weighted by atomic mass is 32.1. The van der Waals surface area contributed by atoms with Crippen LogP contribution in [0.15, 0.2) is 29.2 Å². The summed E-state index contributed by atoms with van der Waals surface area (Å²) in [5.74, 6) is 1.43. The van der Waals surface area contributed by atoms with Crippen molar-refractivity contribution in [1.29, 1.82) is 0 Å². The molecule has 2 aromatic rings. The molecule has 1 atom stereocenters. The van der Waals surface area contributed by atoms with Crippen molar-refractivity contribution < 1.29 is 9.53 Å². The van der Waals surface area contributed by atoms with Crippen molar-refractivity contribution in [3.63, 3.8) is 0 Å². The van der Waals surface area contributed by atoms with Crippen LogP contribution >= 0.6 is 11.3 Å². The van der Waals surface area contributed by atoms with E-state index in [1.54, 1.807) is 17.5 Å². The highest BCUT2D eigenvalue weighted by Crippen LogP contribution is 2.24. The van der Waals surface area contributed by atoms with Crippen molar-refractivity contribution in [3.05, 3.63) is 40.6 Å². The fourth-order valence-corrected chi connectivity index (χ4v) is 3.53. The Bertz CT molecular complexity index is 653. The number of thiophene rings is 1. The molecule has 3 rings (SSSR count). The molecule has 24 heavy (non-hydrogen) atoms. The summed E-state index contributed by atoms with van der Waals surface area (Å²) in [6.45, 7) is 7.45. The van der Waals surface area contributed by atoms with Gasteiger partial charge in [0.05, 0.1) is 19.7 Å². The molecule has 0 bridgehead atoms. The average Bonchev–Trinajstić information content (AvgIpc) is 3.24. The zero-order valence-electron chi connectivity index (χ0n) is 14.1. The Morgan fingerprint density at radius 3 is 3.17 bits per heavy atom. The molecule has 130 valence electrons. The van der Waals surface area contributed by atoms with E-state index in [0.717, 1.165) is 17.9 Å². The Kier molecular flexibility index (Phi) is 5.52. The standard InChI is InChI=1S/C17H24N4O2S/c1-13(2)10-20-5-4-18-16(20)9-19-17(22)21-6-7-23-15(11-21)14-3-8-24-12-14/h3-5,8,12-13,15H,6-7,9-11H2,1-2H3,(H,19,22). The number of rotatable bonds is 5. The summed E-state index contributed by atoms with van der Waals surface area (Å²) in [7, 11) is 0. The number of morpholine rings is 1. The molecule has 2 aromatic heterocycles. The number of hydrogen-bond acceptors (Lipinski definition) is 4. The number of hydrogen-bond donors (Lipinski definition) is 1. The van der Waals surface area contributed by atoms with Crippen LogP contribution in [0.25, 0.3) is 0 Å². The molecule has 1 N–H and O–H groups in total. The van der Waals surface area contributed by atoms with E-state index in [1.807, 2.05) is 16.5 Å². The SMILES string of the molecule is CC(C)Cn1ccnc1CNC(=O)N1CCOC(c2ccsc2)C1. The van der Waals surface area contributed by atoms with Gasteiger partial charge in [0.1, 0.15) is 11.9 Å². The number of carbonyl (C=O) groups excluding carboxylic acids is 1. The van der Waals surface area contributed by atoms with Crippen LogP contribution < -0.4 is 5.32 Å². The normalized spacial score (nSPS) is 18.1. The van der Waals surface area contributed by atoms with E-state index >= 15 is 0 Å². The van der Waals surface area contributed by atoms with E-state index in [9.17, 15) is 4.79 Å². The number of nitrogens with zero attached hydrogens (tertiary/aromatic N) is 3. The summed E-state index contributed by atoms with van der Waals surface area (Å²) in [4.78, 5) is 18.6. The molecular formula is C17H24N4O2S. The first-order valence-electron chi connectivity index (χ1n) is 8.30. The molecule has 1 saturated heterocycles. The van der Waals surface area contributed by atoms with E-state index in [4.69, 9.17) is 4.74 Å². The number of nitrogens with one attached hydrogen (secondary N) is 1. The molecule has 0 spiro atoms. The van der Waals surface area contributed by atoms with Crippen molar-refractivity contribution in [2.45, 2.75) is 33.0 Å². The lowest BCUT2D eigenvalue weighted by atomic mass is 10.1. The van der Waals surface area contributed by atoms with Crippen molar-refractivity contribution in [3.8, 4) is 0 Å². The highest BCUT2D eigenvalue weighted by molar-refractivity contribution is 7.07. The molecule has 3 heterocycles. The number of amides is 2. The second-order valence-corrected chi connectivity index (χ2v) is 7.19. The Hall–Kier alpha value is -1.86. The zero-order valence-corrected chi connectivity index (χ0v) is 15.0. The molecule has 0 radical (unpaired) electrons. The molecule has 6 nitrogen and oxygen atoms in total. The maximum absolute atomic E-state index is 12.5. The first-order chi connectivity index (χ1) is 11.6. The smallest absolute Gasteiger partial charge is 0.317 e. The molecule has 1 aliphatic rings. The van der Waals surface area contributed by atoms with E-state index in [-0.39, 0.29) is 12.1 Å². The van der Waals surface area contributed by atoms with Gasteiger partial charge in [-0.15, -0.1) is 0 Å². The zero-order chi connectivity index (χ0) is 16.9. The van der Waals surface area contributed by atoms with E-state index < -0.39 is 0 Å². The Morgan fingerprint density at radius 2 is 2.42 bits per heavy atom. The fourth-order valence-electron chi connectivity index (χ4n) is 2.83. The average molecular weight is 348 g/mol. The Morgan fingerprint density at radius 1 is 1.54 bits per heavy atom. The van der Waals surface area contributed by atoms with Gasteiger partial charge >= 0.3 is 6.03 Å². The highest BCUT2D eigenvalue weighted by Gasteiger charge is 2.25. The summed E-state index contributed by atoms with van der Waals surface area (Å²) in [6.07, 6.45) is 3.72. The Balaban J connectivity index is 1.54. The van der Waals surface area contributed by atoms with Gasteiger partial charge in [0.15, 0.2) is 0 Å². The van der Waals surface area contributed by atoms with Gasteiger partial charge in [-0.05, 0) is 28.3 Å². The van der Waals surface area contributed by atoms with Gasteiger partial charge in [-0.1, -0.05) is 13.8 Å². The maximum Gasteiger partial charge on any atom is 0.317 e. The first-order valence-corrected chi connectivity index (χ1v) is 9.24. The van der Waals surface area contributed by atoms with Crippen LogP contribution in [0.4, 0.5) is 4.79 Å². The van der Waals surface area contributed by atoms with Crippen LogP contribution in [0.2, 0.25) is 0 Å². The fraction of sp³-hybridized carbons (Fsp3) is 0.529.